The molecule has 6 nitrogen and oxygen atoms in total. The number of anilines is 1. The van der Waals surface area contributed by atoms with E-state index in [-0.39, 0.29) is 15.9 Å². The second-order valence-corrected chi connectivity index (χ2v) is 9.06. The molecule has 2 aromatic rings. The molecule has 156 valence electrons. The lowest BCUT2D eigenvalue weighted by Crippen LogP contribution is -2.34. The van der Waals surface area contributed by atoms with Crippen molar-refractivity contribution in [3.63, 3.8) is 0 Å². The van der Waals surface area contributed by atoms with Crippen molar-refractivity contribution in [1.82, 2.24) is 5.32 Å². The van der Waals surface area contributed by atoms with Crippen LogP contribution in [0.4, 0.5) is 5.69 Å². The van der Waals surface area contributed by atoms with E-state index in [1.165, 1.54) is 25.0 Å². The van der Waals surface area contributed by atoms with Crippen molar-refractivity contribution in [2.24, 2.45) is 0 Å². The molecule has 0 bridgehead atoms. The van der Waals surface area contributed by atoms with Crippen LogP contribution in [0.2, 0.25) is 0 Å². The Labute approximate surface area is 177 Å². The summed E-state index contributed by atoms with van der Waals surface area (Å²) in [7, 11) is -3.26. The highest BCUT2D eigenvalue weighted by atomic mass is 32.2. The van der Waals surface area contributed by atoms with Gasteiger partial charge in [-0.2, -0.15) is 0 Å². The van der Waals surface area contributed by atoms with Crippen molar-refractivity contribution in [2.45, 2.75) is 37.5 Å². The number of rotatable bonds is 9. The molecule has 0 saturated heterocycles. The quantitative estimate of drug-likeness (QED) is 0.455. The van der Waals surface area contributed by atoms with Crippen LogP contribution in [-0.2, 0) is 9.84 Å². The van der Waals surface area contributed by atoms with E-state index in [4.69, 9.17) is 17.0 Å². The average molecular weight is 435 g/mol. The molecular weight excluding hydrogens is 408 g/mol. The van der Waals surface area contributed by atoms with Crippen LogP contribution in [-0.4, -0.2) is 32.3 Å². The SMILES string of the molecule is CCCCCCOc1ccc(C(=O)NC(=S)Nc2ccc(S(C)(=O)=O)cc2)cc1. The van der Waals surface area contributed by atoms with E-state index in [0.29, 0.717) is 17.9 Å². The normalized spacial score (nSPS) is 11.0. The number of unbranched alkanes of at least 4 members (excludes halogenated alkanes) is 3. The third-order valence-corrected chi connectivity index (χ3v) is 5.48. The topological polar surface area (TPSA) is 84.5 Å². The molecule has 0 radical (unpaired) electrons. The molecule has 0 spiro atoms. The average Bonchev–Trinajstić information content (AvgIpc) is 2.68. The Hall–Kier alpha value is -2.45. The molecule has 1 amide bonds. The van der Waals surface area contributed by atoms with E-state index in [9.17, 15) is 13.2 Å². The van der Waals surface area contributed by atoms with Crippen LogP contribution >= 0.6 is 12.2 Å². The summed E-state index contributed by atoms with van der Waals surface area (Å²) in [5.41, 5.74) is 1.04. The van der Waals surface area contributed by atoms with Gasteiger partial charge in [-0.3, -0.25) is 10.1 Å². The van der Waals surface area contributed by atoms with Crippen LogP contribution in [0.15, 0.2) is 53.4 Å². The van der Waals surface area contributed by atoms with Gasteiger partial charge in [0.25, 0.3) is 5.91 Å². The molecule has 0 aliphatic heterocycles. The van der Waals surface area contributed by atoms with Crippen LogP contribution in [0.5, 0.6) is 5.75 Å². The van der Waals surface area contributed by atoms with Gasteiger partial charge in [-0.15, -0.1) is 0 Å². The van der Waals surface area contributed by atoms with Gasteiger partial charge in [-0.25, -0.2) is 8.42 Å². The first-order valence-electron chi connectivity index (χ1n) is 9.45. The molecule has 0 aliphatic carbocycles. The van der Waals surface area contributed by atoms with Gasteiger partial charge in [0.1, 0.15) is 5.75 Å². The van der Waals surface area contributed by atoms with Crippen molar-refractivity contribution in [1.29, 1.82) is 0 Å². The molecule has 2 N–H and O–H groups in total. The minimum absolute atomic E-state index is 0.123. The number of benzene rings is 2. The molecule has 0 atom stereocenters. The molecule has 0 fully saturated rings. The number of carbonyl (C=O) groups excluding carboxylic acids is 1. The van der Waals surface area contributed by atoms with Crippen LogP contribution < -0.4 is 15.4 Å². The van der Waals surface area contributed by atoms with Gasteiger partial charge in [0.05, 0.1) is 11.5 Å². The van der Waals surface area contributed by atoms with E-state index in [1.807, 2.05) is 0 Å². The Bertz CT molecular complexity index is 924. The molecule has 0 aliphatic rings. The maximum Gasteiger partial charge on any atom is 0.257 e. The predicted molar refractivity (Wildman–Crippen MR) is 119 cm³/mol. The fourth-order valence-corrected chi connectivity index (χ4v) is 3.39. The number of thiocarbonyl (C=S) groups is 1. The molecule has 0 unspecified atom stereocenters. The van der Waals surface area contributed by atoms with Crippen LogP contribution in [0.1, 0.15) is 43.0 Å². The lowest BCUT2D eigenvalue weighted by Gasteiger charge is -2.11. The monoisotopic (exact) mass is 434 g/mol. The second kappa shape index (κ2) is 10.9. The lowest BCUT2D eigenvalue weighted by molar-refractivity contribution is 0.0977. The van der Waals surface area contributed by atoms with E-state index in [2.05, 4.69) is 17.6 Å². The van der Waals surface area contributed by atoms with Crippen molar-refractivity contribution >= 4 is 38.8 Å². The molecule has 2 aromatic carbocycles. The number of carbonyl (C=O) groups is 1. The fraction of sp³-hybridized carbons (Fsp3) is 0.333. The molecular formula is C21H26N2O4S2. The van der Waals surface area contributed by atoms with Crippen LogP contribution in [0.3, 0.4) is 0 Å². The third kappa shape index (κ3) is 7.83. The maximum atomic E-state index is 12.3. The summed E-state index contributed by atoms with van der Waals surface area (Å²) in [6.07, 6.45) is 5.70. The van der Waals surface area contributed by atoms with E-state index in [0.717, 1.165) is 24.8 Å². The van der Waals surface area contributed by atoms with Crippen molar-refractivity contribution < 1.29 is 17.9 Å². The Morgan fingerprint density at radius 2 is 1.66 bits per heavy atom. The van der Waals surface area contributed by atoms with Gasteiger partial charge >= 0.3 is 0 Å². The molecule has 8 heteroatoms. The van der Waals surface area contributed by atoms with E-state index >= 15 is 0 Å². The molecule has 0 heterocycles. The molecule has 2 rings (SSSR count). The number of hydrogen-bond acceptors (Lipinski definition) is 5. The molecule has 0 aromatic heterocycles. The Balaban J connectivity index is 1.83. The van der Waals surface area contributed by atoms with Gasteiger partial charge in [-0.1, -0.05) is 26.2 Å². The number of ether oxygens (including phenoxy) is 1. The number of sulfone groups is 1. The highest BCUT2D eigenvalue weighted by molar-refractivity contribution is 7.90. The fourth-order valence-electron chi connectivity index (χ4n) is 2.54. The predicted octanol–water partition coefficient (Wildman–Crippen LogP) is 4.18. The maximum absolute atomic E-state index is 12.3. The lowest BCUT2D eigenvalue weighted by atomic mass is 10.2. The Kier molecular flexibility index (Phi) is 8.60. The van der Waals surface area contributed by atoms with Crippen molar-refractivity contribution in [2.75, 3.05) is 18.2 Å². The van der Waals surface area contributed by atoms with E-state index in [1.54, 1.807) is 36.4 Å². The van der Waals surface area contributed by atoms with Crippen LogP contribution in [0.25, 0.3) is 0 Å². The van der Waals surface area contributed by atoms with Gasteiger partial charge in [0.15, 0.2) is 14.9 Å². The first kappa shape index (κ1) is 22.8. The van der Waals surface area contributed by atoms with E-state index < -0.39 is 9.84 Å². The zero-order valence-corrected chi connectivity index (χ0v) is 18.2. The standard InChI is InChI=1S/C21H26N2O4S2/c1-3-4-5-6-15-27-18-11-7-16(8-12-18)20(24)23-21(28)22-17-9-13-19(14-10-17)29(2,25)26/h7-14H,3-6,15H2,1-2H3,(H2,22,23,24,28). The third-order valence-electron chi connectivity index (χ3n) is 4.15. The zero-order valence-electron chi connectivity index (χ0n) is 16.6. The summed E-state index contributed by atoms with van der Waals surface area (Å²) in [4.78, 5) is 12.5. The minimum Gasteiger partial charge on any atom is -0.494 e. The number of hydrogen-bond donors (Lipinski definition) is 2. The molecule has 0 saturated carbocycles. The van der Waals surface area contributed by atoms with Gasteiger partial charge < -0.3 is 10.1 Å². The van der Waals surface area contributed by atoms with Gasteiger partial charge in [0.2, 0.25) is 0 Å². The first-order valence-corrected chi connectivity index (χ1v) is 11.7. The number of nitrogens with one attached hydrogen (secondary N) is 2. The summed E-state index contributed by atoms with van der Waals surface area (Å²) in [6, 6.07) is 13.0. The first-order chi connectivity index (χ1) is 13.8. The number of amides is 1. The largest absolute Gasteiger partial charge is 0.494 e. The second-order valence-electron chi connectivity index (χ2n) is 6.64. The minimum atomic E-state index is -3.26. The summed E-state index contributed by atoms with van der Waals surface area (Å²) in [5, 5.41) is 5.58. The van der Waals surface area contributed by atoms with Gasteiger partial charge in [-0.05, 0) is 67.2 Å². The highest BCUT2D eigenvalue weighted by Gasteiger charge is 2.10. The Morgan fingerprint density at radius 1 is 1.00 bits per heavy atom. The summed E-state index contributed by atoms with van der Waals surface area (Å²) in [6.45, 7) is 2.83. The highest BCUT2D eigenvalue weighted by Crippen LogP contribution is 2.15. The van der Waals surface area contributed by atoms with Gasteiger partial charge in [0, 0.05) is 17.5 Å². The summed E-state index contributed by atoms with van der Waals surface area (Å²) >= 11 is 5.15. The summed E-state index contributed by atoms with van der Waals surface area (Å²) in [5.74, 6) is 0.384. The van der Waals surface area contributed by atoms with Crippen molar-refractivity contribution in [3.05, 3.63) is 54.1 Å². The van der Waals surface area contributed by atoms with Crippen LogP contribution in [0, 0.1) is 0 Å². The molecule has 29 heavy (non-hydrogen) atoms. The smallest absolute Gasteiger partial charge is 0.257 e. The summed E-state index contributed by atoms with van der Waals surface area (Å²) < 4.78 is 28.6. The zero-order chi connectivity index (χ0) is 21.3. The van der Waals surface area contributed by atoms with Crippen molar-refractivity contribution in [3.8, 4) is 5.75 Å². The Morgan fingerprint density at radius 3 is 2.24 bits per heavy atom.